The maximum Gasteiger partial charge on any atom is 0.223 e. The van der Waals surface area contributed by atoms with Gasteiger partial charge in [-0.15, -0.1) is 0 Å². The van der Waals surface area contributed by atoms with E-state index >= 15 is 0 Å². The van der Waals surface area contributed by atoms with Gasteiger partial charge in [0.15, 0.2) is 0 Å². The number of para-hydroxylation sites is 2. The Morgan fingerprint density at radius 2 is 1.81 bits per heavy atom. The minimum absolute atomic E-state index is 0.0149. The zero-order chi connectivity index (χ0) is 17.5. The lowest BCUT2D eigenvalue weighted by Gasteiger charge is -2.09. The smallest absolute Gasteiger partial charge is 0.223 e. The zero-order valence-electron chi connectivity index (χ0n) is 14.2. The number of carbonyl (C=O) groups is 1. The molecule has 1 aliphatic rings. The van der Waals surface area contributed by atoms with Crippen molar-refractivity contribution in [3.63, 3.8) is 0 Å². The summed E-state index contributed by atoms with van der Waals surface area (Å²) in [6.45, 7) is 1.36. The normalized spacial score (nSPS) is 19.1. The standard InChI is InChI=1S/C20H19N5O/c26-20(16-11-15(16)19-22-12-23-24-19)21-9-10-25-17-7-3-1-5-13(17)14-6-2-4-8-18(14)25/h1-8,12,15-16H,9-11H2,(H,21,26)(H,22,23,24)/t15-,16+/m0/s1. The van der Waals surface area contributed by atoms with Crippen molar-refractivity contribution in [1.82, 2.24) is 25.1 Å². The molecule has 0 bridgehead atoms. The fourth-order valence-corrected chi connectivity index (χ4v) is 3.85. The van der Waals surface area contributed by atoms with Gasteiger partial charge in [0, 0.05) is 46.7 Å². The quantitative estimate of drug-likeness (QED) is 0.584. The van der Waals surface area contributed by atoms with Crippen molar-refractivity contribution in [2.24, 2.45) is 5.92 Å². The number of hydrogen-bond acceptors (Lipinski definition) is 3. The largest absolute Gasteiger partial charge is 0.354 e. The number of nitrogens with one attached hydrogen (secondary N) is 2. The molecule has 2 N–H and O–H groups in total. The van der Waals surface area contributed by atoms with Crippen molar-refractivity contribution in [1.29, 1.82) is 0 Å². The Labute approximate surface area is 150 Å². The van der Waals surface area contributed by atoms with Crippen LogP contribution in [0.2, 0.25) is 0 Å². The van der Waals surface area contributed by atoms with Crippen LogP contribution in [0.4, 0.5) is 0 Å². The topological polar surface area (TPSA) is 75.6 Å². The highest BCUT2D eigenvalue weighted by Crippen LogP contribution is 2.45. The van der Waals surface area contributed by atoms with Crippen molar-refractivity contribution in [3.05, 3.63) is 60.7 Å². The lowest BCUT2D eigenvalue weighted by atomic mass is 10.2. The highest BCUT2D eigenvalue weighted by Gasteiger charge is 2.45. The molecule has 0 aliphatic heterocycles. The number of nitrogens with zero attached hydrogens (tertiary/aromatic N) is 3. The Kier molecular flexibility index (Phi) is 3.48. The third kappa shape index (κ3) is 2.45. The Bertz CT molecular complexity index is 1030. The number of fused-ring (bicyclic) bond motifs is 3. The summed E-state index contributed by atoms with van der Waals surface area (Å²) in [6.07, 6.45) is 2.33. The van der Waals surface area contributed by atoms with Gasteiger partial charge >= 0.3 is 0 Å². The van der Waals surface area contributed by atoms with Gasteiger partial charge in [0.1, 0.15) is 12.2 Å². The number of rotatable bonds is 5. The minimum Gasteiger partial charge on any atom is -0.354 e. The van der Waals surface area contributed by atoms with Gasteiger partial charge in [-0.1, -0.05) is 36.4 Å². The van der Waals surface area contributed by atoms with Crippen molar-refractivity contribution in [2.75, 3.05) is 6.54 Å². The number of H-pyrrole nitrogens is 1. The summed E-state index contributed by atoms with van der Waals surface area (Å²) < 4.78 is 2.28. The molecule has 1 aliphatic carbocycles. The van der Waals surface area contributed by atoms with Crippen LogP contribution in [0, 0.1) is 5.92 Å². The van der Waals surface area contributed by atoms with E-state index in [1.165, 1.54) is 28.1 Å². The monoisotopic (exact) mass is 345 g/mol. The summed E-state index contributed by atoms with van der Waals surface area (Å²) in [5.41, 5.74) is 2.41. The maximum absolute atomic E-state index is 12.4. The first-order valence-corrected chi connectivity index (χ1v) is 8.92. The van der Waals surface area contributed by atoms with Gasteiger partial charge in [-0.3, -0.25) is 9.89 Å². The van der Waals surface area contributed by atoms with Crippen LogP contribution >= 0.6 is 0 Å². The van der Waals surface area contributed by atoms with Crippen LogP contribution in [0.5, 0.6) is 0 Å². The molecule has 2 atom stereocenters. The van der Waals surface area contributed by atoms with Crippen molar-refractivity contribution in [3.8, 4) is 0 Å². The van der Waals surface area contributed by atoms with Crippen molar-refractivity contribution in [2.45, 2.75) is 18.9 Å². The molecule has 2 aromatic heterocycles. The van der Waals surface area contributed by atoms with Crippen LogP contribution in [0.25, 0.3) is 21.8 Å². The third-order valence-electron chi connectivity index (χ3n) is 5.23. The van der Waals surface area contributed by atoms with Crippen LogP contribution in [0.15, 0.2) is 54.9 Å². The number of aromatic nitrogens is 4. The minimum atomic E-state index is 0.0149. The molecule has 0 unspecified atom stereocenters. The van der Waals surface area contributed by atoms with E-state index in [2.05, 4.69) is 73.6 Å². The molecule has 5 rings (SSSR count). The van der Waals surface area contributed by atoms with E-state index in [1.807, 2.05) is 0 Å². The van der Waals surface area contributed by atoms with Crippen LogP contribution in [-0.4, -0.2) is 32.2 Å². The molecule has 2 heterocycles. The van der Waals surface area contributed by atoms with E-state index < -0.39 is 0 Å². The molecule has 0 radical (unpaired) electrons. The molecule has 1 amide bonds. The number of amides is 1. The molecule has 0 spiro atoms. The summed E-state index contributed by atoms with van der Waals surface area (Å²) in [5, 5.41) is 12.3. The predicted octanol–water partition coefficient (Wildman–Crippen LogP) is 2.83. The van der Waals surface area contributed by atoms with Crippen molar-refractivity contribution >= 4 is 27.7 Å². The molecule has 6 heteroatoms. The average Bonchev–Trinajstić information content (AvgIpc) is 3.17. The SMILES string of the molecule is O=C(NCCn1c2ccccc2c2ccccc21)[C@@H]1C[C@@H]1c1ncn[nH]1. The second-order valence-electron chi connectivity index (χ2n) is 6.80. The first-order valence-electron chi connectivity index (χ1n) is 8.92. The zero-order valence-corrected chi connectivity index (χ0v) is 14.2. The number of hydrogen-bond donors (Lipinski definition) is 2. The maximum atomic E-state index is 12.4. The van der Waals surface area contributed by atoms with Crippen LogP contribution in [-0.2, 0) is 11.3 Å². The van der Waals surface area contributed by atoms with Gasteiger partial charge in [-0.05, 0) is 18.6 Å². The summed E-state index contributed by atoms with van der Waals surface area (Å²) in [7, 11) is 0. The molecule has 2 aromatic carbocycles. The van der Waals surface area contributed by atoms with Crippen LogP contribution < -0.4 is 5.32 Å². The Balaban J connectivity index is 1.31. The summed E-state index contributed by atoms with van der Waals surface area (Å²) in [6, 6.07) is 16.8. The van der Waals surface area contributed by atoms with E-state index in [-0.39, 0.29) is 17.7 Å². The Morgan fingerprint density at radius 3 is 2.46 bits per heavy atom. The van der Waals surface area contributed by atoms with E-state index in [9.17, 15) is 4.79 Å². The second kappa shape index (κ2) is 5.98. The third-order valence-corrected chi connectivity index (χ3v) is 5.23. The Hall–Kier alpha value is -3.15. The number of carbonyl (C=O) groups excluding carboxylic acids is 1. The van der Waals surface area contributed by atoms with E-state index in [1.54, 1.807) is 0 Å². The van der Waals surface area contributed by atoms with E-state index in [4.69, 9.17) is 0 Å². The number of benzene rings is 2. The fourth-order valence-electron chi connectivity index (χ4n) is 3.85. The van der Waals surface area contributed by atoms with Crippen LogP contribution in [0.3, 0.4) is 0 Å². The highest BCUT2D eigenvalue weighted by atomic mass is 16.2. The Morgan fingerprint density at radius 1 is 1.12 bits per heavy atom. The van der Waals surface area contributed by atoms with Gasteiger partial charge in [0.05, 0.1) is 0 Å². The lowest BCUT2D eigenvalue weighted by molar-refractivity contribution is -0.122. The molecular weight excluding hydrogens is 326 g/mol. The van der Waals surface area contributed by atoms with E-state index in [0.29, 0.717) is 6.54 Å². The van der Waals surface area contributed by atoms with Gasteiger partial charge in [-0.25, -0.2) is 4.98 Å². The second-order valence-corrected chi connectivity index (χ2v) is 6.80. The molecule has 1 fully saturated rings. The average molecular weight is 345 g/mol. The summed E-state index contributed by atoms with van der Waals surface area (Å²) in [4.78, 5) is 16.5. The first kappa shape index (κ1) is 15.1. The molecule has 6 nitrogen and oxygen atoms in total. The number of aromatic amines is 1. The summed E-state index contributed by atoms with van der Waals surface area (Å²) >= 11 is 0. The lowest BCUT2D eigenvalue weighted by Crippen LogP contribution is -2.28. The molecule has 0 saturated heterocycles. The molecule has 4 aromatic rings. The first-order chi connectivity index (χ1) is 12.8. The predicted molar refractivity (Wildman–Crippen MR) is 99.7 cm³/mol. The van der Waals surface area contributed by atoms with Gasteiger partial charge < -0.3 is 9.88 Å². The highest BCUT2D eigenvalue weighted by molar-refractivity contribution is 6.07. The van der Waals surface area contributed by atoms with E-state index in [0.717, 1.165) is 18.8 Å². The molecular formula is C20H19N5O. The van der Waals surface area contributed by atoms with Gasteiger partial charge in [-0.2, -0.15) is 5.10 Å². The van der Waals surface area contributed by atoms with Crippen molar-refractivity contribution < 1.29 is 4.79 Å². The molecule has 26 heavy (non-hydrogen) atoms. The summed E-state index contributed by atoms with van der Waals surface area (Å²) in [5.74, 6) is 1.12. The van der Waals surface area contributed by atoms with Gasteiger partial charge in [0.2, 0.25) is 5.91 Å². The molecule has 130 valence electrons. The van der Waals surface area contributed by atoms with Gasteiger partial charge in [0.25, 0.3) is 0 Å². The van der Waals surface area contributed by atoms with Crippen LogP contribution in [0.1, 0.15) is 18.2 Å². The fraction of sp³-hybridized carbons (Fsp3) is 0.250. The molecule has 1 saturated carbocycles.